The van der Waals surface area contributed by atoms with Crippen LogP contribution in [-0.2, 0) is 0 Å². The topological polar surface area (TPSA) is 136 Å². The number of hydrogen-bond acceptors (Lipinski definition) is 5. The lowest BCUT2D eigenvalue weighted by atomic mass is 9.97. The van der Waals surface area contributed by atoms with Gasteiger partial charge >= 0.3 is 0 Å². The zero-order valence-corrected chi connectivity index (χ0v) is 9.94. The molecule has 2 aromatic carbocycles. The zero-order chi connectivity index (χ0) is 14.0. The van der Waals surface area contributed by atoms with Crippen LogP contribution in [0.3, 0.4) is 0 Å². The molecule has 7 nitrogen and oxygen atoms in total. The van der Waals surface area contributed by atoms with Gasteiger partial charge in [-0.2, -0.15) is 0 Å². The lowest BCUT2D eigenvalue weighted by Gasteiger charge is -2.11. The van der Waals surface area contributed by atoms with Crippen molar-refractivity contribution in [1.29, 1.82) is 0 Å². The molecule has 7 heteroatoms. The van der Waals surface area contributed by atoms with Gasteiger partial charge < -0.3 is 5.73 Å². The summed E-state index contributed by atoms with van der Waals surface area (Å²) in [4.78, 5) is 23.6. The SMILES string of the molecule is NNC(=O)c1ccc2ccc(N)cc2c1C(=O)NN. The number of rotatable bonds is 2. The van der Waals surface area contributed by atoms with E-state index in [1.54, 1.807) is 24.3 Å². The second-order valence-electron chi connectivity index (χ2n) is 3.92. The van der Waals surface area contributed by atoms with Crippen LogP contribution >= 0.6 is 0 Å². The molecule has 19 heavy (non-hydrogen) atoms. The molecule has 0 aromatic heterocycles. The van der Waals surface area contributed by atoms with Gasteiger partial charge in [0.25, 0.3) is 11.8 Å². The summed E-state index contributed by atoms with van der Waals surface area (Å²) in [6.45, 7) is 0. The molecule has 98 valence electrons. The summed E-state index contributed by atoms with van der Waals surface area (Å²) in [6, 6.07) is 8.27. The average molecular weight is 259 g/mol. The Morgan fingerprint density at radius 3 is 2.21 bits per heavy atom. The highest BCUT2D eigenvalue weighted by Gasteiger charge is 2.19. The zero-order valence-electron chi connectivity index (χ0n) is 9.94. The Morgan fingerprint density at radius 2 is 1.58 bits per heavy atom. The van der Waals surface area contributed by atoms with E-state index in [9.17, 15) is 9.59 Å². The molecule has 0 aliphatic rings. The van der Waals surface area contributed by atoms with Crippen LogP contribution in [0.4, 0.5) is 5.69 Å². The highest BCUT2D eigenvalue weighted by atomic mass is 16.2. The number of carbonyl (C=O) groups excluding carboxylic acids is 2. The molecule has 0 atom stereocenters. The van der Waals surface area contributed by atoms with Crippen molar-refractivity contribution in [3.63, 3.8) is 0 Å². The first kappa shape index (κ1) is 12.8. The van der Waals surface area contributed by atoms with Gasteiger partial charge in [0.05, 0.1) is 11.1 Å². The van der Waals surface area contributed by atoms with Crippen molar-refractivity contribution in [3.05, 3.63) is 41.5 Å². The van der Waals surface area contributed by atoms with Crippen LogP contribution in [0.1, 0.15) is 20.7 Å². The predicted molar refractivity (Wildman–Crippen MR) is 71.7 cm³/mol. The molecule has 0 heterocycles. The third-order valence-corrected chi connectivity index (χ3v) is 2.78. The predicted octanol–water partition coefficient (Wildman–Crippen LogP) is -0.371. The van der Waals surface area contributed by atoms with Gasteiger partial charge in [0.2, 0.25) is 0 Å². The second-order valence-corrected chi connectivity index (χ2v) is 3.92. The summed E-state index contributed by atoms with van der Waals surface area (Å²) in [5, 5.41) is 1.30. The van der Waals surface area contributed by atoms with Crippen molar-refractivity contribution >= 4 is 28.3 Å². The number of fused-ring (bicyclic) bond motifs is 1. The molecule has 2 rings (SSSR count). The summed E-state index contributed by atoms with van der Waals surface area (Å²) in [5.41, 5.74) is 10.4. The first-order valence-corrected chi connectivity index (χ1v) is 5.42. The fraction of sp³-hybridized carbons (Fsp3) is 0. The van der Waals surface area contributed by atoms with Crippen molar-refractivity contribution in [2.75, 3.05) is 5.73 Å². The smallest absolute Gasteiger partial charge is 0.266 e. The minimum Gasteiger partial charge on any atom is -0.399 e. The van der Waals surface area contributed by atoms with Crippen LogP contribution in [0.2, 0.25) is 0 Å². The number of nitrogens with two attached hydrogens (primary N) is 3. The van der Waals surface area contributed by atoms with Crippen LogP contribution in [0.5, 0.6) is 0 Å². The molecule has 0 saturated heterocycles. The molecule has 0 aliphatic heterocycles. The first-order valence-electron chi connectivity index (χ1n) is 5.42. The summed E-state index contributed by atoms with van der Waals surface area (Å²) in [7, 11) is 0. The molecular weight excluding hydrogens is 246 g/mol. The summed E-state index contributed by atoms with van der Waals surface area (Å²) in [5.74, 6) is 9.08. The van der Waals surface area contributed by atoms with Gasteiger partial charge in [-0.25, -0.2) is 11.7 Å². The summed E-state index contributed by atoms with van der Waals surface area (Å²) < 4.78 is 0. The number of nitrogen functional groups attached to an aromatic ring is 3. The van der Waals surface area contributed by atoms with Gasteiger partial charge in [-0.3, -0.25) is 20.4 Å². The number of hydrazine groups is 2. The molecular formula is C12H13N5O2. The van der Waals surface area contributed by atoms with Gasteiger partial charge in [-0.15, -0.1) is 0 Å². The molecule has 0 radical (unpaired) electrons. The lowest BCUT2D eigenvalue weighted by Crippen LogP contribution is -2.35. The molecule has 2 aromatic rings. The van der Waals surface area contributed by atoms with Crippen LogP contribution in [0.25, 0.3) is 10.8 Å². The van der Waals surface area contributed by atoms with E-state index in [1.807, 2.05) is 10.9 Å². The minimum atomic E-state index is -0.588. The summed E-state index contributed by atoms with van der Waals surface area (Å²) in [6.07, 6.45) is 0. The molecule has 0 saturated carbocycles. The third kappa shape index (κ3) is 2.19. The van der Waals surface area contributed by atoms with E-state index >= 15 is 0 Å². The lowest BCUT2D eigenvalue weighted by molar-refractivity contribution is 0.0921. The van der Waals surface area contributed by atoms with Crippen molar-refractivity contribution in [2.45, 2.75) is 0 Å². The number of amides is 2. The molecule has 0 spiro atoms. The van der Waals surface area contributed by atoms with Crippen LogP contribution in [0.15, 0.2) is 30.3 Å². The van der Waals surface area contributed by atoms with Crippen LogP contribution in [0, 0.1) is 0 Å². The largest absolute Gasteiger partial charge is 0.399 e. The van der Waals surface area contributed by atoms with E-state index in [0.29, 0.717) is 11.1 Å². The average Bonchev–Trinajstić information content (AvgIpc) is 2.44. The Balaban J connectivity index is 2.83. The Labute approximate surface area is 108 Å². The van der Waals surface area contributed by atoms with E-state index in [2.05, 4.69) is 0 Å². The van der Waals surface area contributed by atoms with Gasteiger partial charge in [0, 0.05) is 5.69 Å². The number of nitrogens with one attached hydrogen (secondary N) is 2. The Hall–Kier alpha value is -2.64. The molecule has 2 amide bonds. The normalized spacial score (nSPS) is 10.2. The van der Waals surface area contributed by atoms with Gasteiger partial charge in [-0.05, 0) is 29.0 Å². The van der Waals surface area contributed by atoms with E-state index in [-0.39, 0.29) is 11.1 Å². The molecule has 8 N–H and O–H groups in total. The Morgan fingerprint density at radius 1 is 0.947 bits per heavy atom. The second kappa shape index (κ2) is 4.92. The maximum Gasteiger partial charge on any atom is 0.266 e. The third-order valence-electron chi connectivity index (χ3n) is 2.78. The number of hydrogen-bond donors (Lipinski definition) is 5. The van der Waals surface area contributed by atoms with Gasteiger partial charge in [0.15, 0.2) is 0 Å². The molecule has 0 fully saturated rings. The minimum absolute atomic E-state index is 0.128. The summed E-state index contributed by atoms with van der Waals surface area (Å²) >= 11 is 0. The van der Waals surface area contributed by atoms with Crippen LogP contribution < -0.4 is 28.3 Å². The van der Waals surface area contributed by atoms with Gasteiger partial charge in [0.1, 0.15) is 0 Å². The van der Waals surface area contributed by atoms with Crippen LogP contribution in [-0.4, -0.2) is 11.8 Å². The first-order chi connectivity index (χ1) is 9.08. The Kier molecular flexibility index (Phi) is 3.32. The van der Waals surface area contributed by atoms with Gasteiger partial charge in [-0.1, -0.05) is 12.1 Å². The fourth-order valence-electron chi connectivity index (χ4n) is 1.92. The van der Waals surface area contributed by atoms with Crippen molar-refractivity contribution < 1.29 is 9.59 Å². The number of benzene rings is 2. The van der Waals surface area contributed by atoms with E-state index in [0.717, 1.165) is 5.39 Å². The van der Waals surface area contributed by atoms with E-state index in [4.69, 9.17) is 17.4 Å². The quantitative estimate of drug-likeness (QED) is 0.217. The Bertz CT molecular complexity index is 668. The fourth-order valence-corrected chi connectivity index (χ4v) is 1.92. The maximum atomic E-state index is 11.9. The molecule has 0 aliphatic carbocycles. The van der Waals surface area contributed by atoms with Crippen molar-refractivity contribution in [3.8, 4) is 0 Å². The molecule has 0 bridgehead atoms. The highest BCUT2D eigenvalue weighted by molar-refractivity contribution is 6.15. The number of anilines is 1. The molecule has 0 unspecified atom stereocenters. The standard InChI is InChI=1S/C12H13N5O2/c13-7-3-1-6-2-4-8(11(18)16-14)10(9(6)5-7)12(19)17-15/h1-5H,13-15H2,(H,16,18)(H,17,19). The number of carbonyl (C=O) groups is 2. The highest BCUT2D eigenvalue weighted by Crippen LogP contribution is 2.24. The monoisotopic (exact) mass is 259 g/mol. The van der Waals surface area contributed by atoms with Crippen molar-refractivity contribution in [2.24, 2.45) is 11.7 Å². The maximum absolute atomic E-state index is 11.9. The van der Waals surface area contributed by atoms with Crippen molar-refractivity contribution in [1.82, 2.24) is 10.9 Å². The van der Waals surface area contributed by atoms with E-state index in [1.165, 1.54) is 6.07 Å². The van der Waals surface area contributed by atoms with E-state index < -0.39 is 11.8 Å².